The Morgan fingerprint density at radius 1 is 1.12 bits per heavy atom. The molecule has 2 aromatic carbocycles. The van der Waals surface area contributed by atoms with Crippen LogP contribution in [0.3, 0.4) is 0 Å². The van der Waals surface area contributed by atoms with Gasteiger partial charge in [0.05, 0.1) is 6.34 Å². The molecular formula is C27H28N6S. The van der Waals surface area contributed by atoms with Crippen molar-refractivity contribution < 1.29 is 0 Å². The van der Waals surface area contributed by atoms with Crippen LogP contribution >= 0.6 is 11.3 Å². The quantitative estimate of drug-likeness (QED) is 0.349. The molecule has 0 amide bonds. The molecule has 6 nitrogen and oxygen atoms in total. The van der Waals surface area contributed by atoms with Gasteiger partial charge in [-0.15, -0.1) is 11.3 Å². The van der Waals surface area contributed by atoms with Gasteiger partial charge in [-0.25, -0.2) is 9.98 Å². The first kappa shape index (κ1) is 21.0. The molecule has 4 heterocycles. The molecule has 0 bridgehead atoms. The summed E-state index contributed by atoms with van der Waals surface area (Å²) in [5.41, 5.74) is 4.60. The van der Waals surface area contributed by atoms with E-state index in [4.69, 9.17) is 9.98 Å². The molecule has 0 saturated carbocycles. The minimum Gasteiger partial charge on any atom is -0.370 e. The number of hydrogen-bond donors (Lipinski definition) is 3. The van der Waals surface area contributed by atoms with Gasteiger partial charge in [0.15, 0.2) is 6.17 Å². The molecule has 2 atom stereocenters. The van der Waals surface area contributed by atoms with Crippen molar-refractivity contribution in [2.24, 2.45) is 9.98 Å². The molecule has 4 aromatic rings. The summed E-state index contributed by atoms with van der Waals surface area (Å²) in [6.45, 7) is 5.24. The molecule has 2 unspecified atom stereocenters. The van der Waals surface area contributed by atoms with E-state index in [0.717, 1.165) is 42.3 Å². The van der Waals surface area contributed by atoms with Crippen LogP contribution in [-0.4, -0.2) is 40.8 Å². The number of amidine groups is 1. The molecule has 3 N–H and O–H groups in total. The van der Waals surface area contributed by atoms with Crippen molar-refractivity contribution >= 4 is 44.5 Å². The van der Waals surface area contributed by atoms with Crippen LogP contribution in [0, 0.1) is 0 Å². The molecule has 2 aliphatic rings. The SMILES string of the molecule is CCC(C)N1C=NC2=C(NCCc3c[nH]c4ccccc34)NC(c3csc4ccccc34)=NC21. The summed E-state index contributed by atoms with van der Waals surface area (Å²) in [6, 6.07) is 17.3. The number of fused-ring (bicyclic) bond motifs is 3. The number of hydrogen-bond acceptors (Lipinski definition) is 6. The summed E-state index contributed by atoms with van der Waals surface area (Å²) in [7, 11) is 0. The zero-order valence-corrected chi connectivity index (χ0v) is 20.2. The zero-order chi connectivity index (χ0) is 23.1. The van der Waals surface area contributed by atoms with E-state index >= 15 is 0 Å². The van der Waals surface area contributed by atoms with Crippen LogP contribution in [-0.2, 0) is 6.42 Å². The minimum absolute atomic E-state index is 0.111. The Morgan fingerprint density at radius 3 is 2.82 bits per heavy atom. The maximum Gasteiger partial charge on any atom is 0.171 e. The van der Waals surface area contributed by atoms with Crippen molar-refractivity contribution in [1.82, 2.24) is 20.5 Å². The van der Waals surface area contributed by atoms with Gasteiger partial charge < -0.3 is 20.5 Å². The first-order chi connectivity index (χ1) is 16.7. The number of thiophene rings is 1. The second kappa shape index (κ2) is 8.65. The smallest absolute Gasteiger partial charge is 0.171 e. The average Bonchev–Trinajstić information content (AvgIpc) is 3.60. The lowest BCUT2D eigenvalue weighted by Gasteiger charge is -2.31. The molecule has 0 aliphatic carbocycles. The van der Waals surface area contributed by atoms with Crippen LogP contribution < -0.4 is 10.6 Å². The third-order valence-electron chi connectivity index (χ3n) is 6.81. The van der Waals surface area contributed by atoms with Gasteiger partial charge in [-0.05, 0) is 37.5 Å². The molecule has 2 aliphatic heterocycles. The Bertz CT molecular complexity index is 1440. The second-order valence-corrected chi connectivity index (χ2v) is 9.78. The standard InChI is InChI=1S/C27H28N6S/c1-3-17(2)33-16-30-24-26(28-13-12-18-14-29-22-10-6-4-8-19(18)22)31-25(32-27(24)33)21-15-34-23-11-7-5-9-20(21)23/h4-11,14-17,27-29H,3,12-13H2,1-2H3,(H,31,32). The number of rotatable bonds is 7. The highest BCUT2D eigenvalue weighted by molar-refractivity contribution is 7.17. The second-order valence-electron chi connectivity index (χ2n) is 8.87. The van der Waals surface area contributed by atoms with Crippen molar-refractivity contribution in [2.75, 3.05) is 6.54 Å². The maximum absolute atomic E-state index is 5.15. The fourth-order valence-electron chi connectivity index (χ4n) is 4.72. The summed E-state index contributed by atoms with van der Waals surface area (Å²) in [6.07, 6.45) is 5.92. The van der Waals surface area contributed by atoms with E-state index in [1.165, 1.54) is 26.6 Å². The van der Waals surface area contributed by atoms with Gasteiger partial charge in [0.1, 0.15) is 17.4 Å². The number of aromatic nitrogens is 1. The molecule has 34 heavy (non-hydrogen) atoms. The van der Waals surface area contributed by atoms with Gasteiger partial charge in [-0.3, -0.25) is 0 Å². The summed E-state index contributed by atoms with van der Waals surface area (Å²) in [5, 5.41) is 12.0. The fourth-order valence-corrected chi connectivity index (χ4v) is 5.66. The Hall–Kier alpha value is -3.58. The molecular weight excluding hydrogens is 440 g/mol. The van der Waals surface area contributed by atoms with Crippen molar-refractivity contribution in [3.63, 3.8) is 0 Å². The fraction of sp³-hybridized carbons (Fsp3) is 0.259. The van der Waals surface area contributed by atoms with Crippen molar-refractivity contribution in [3.8, 4) is 0 Å². The molecule has 172 valence electrons. The van der Waals surface area contributed by atoms with Gasteiger partial charge in [0.2, 0.25) is 0 Å². The highest BCUT2D eigenvalue weighted by atomic mass is 32.1. The maximum atomic E-state index is 5.15. The number of para-hydroxylation sites is 1. The van der Waals surface area contributed by atoms with Crippen molar-refractivity contribution in [2.45, 2.75) is 38.9 Å². The molecule has 7 heteroatoms. The van der Waals surface area contributed by atoms with Crippen LogP contribution in [0.15, 0.2) is 81.6 Å². The van der Waals surface area contributed by atoms with E-state index < -0.39 is 0 Å². The third kappa shape index (κ3) is 3.56. The molecule has 2 aromatic heterocycles. The van der Waals surface area contributed by atoms with E-state index in [0.29, 0.717) is 6.04 Å². The Balaban J connectivity index is 1.29. The van der Waals surface area contributed by atoms with Gasteiger partial charge in [-0.1, -0.05) is 43.3 Å². The molecule has 0 fully saturated rings. The number of aliphatic imine (C=N–C) groups is 2. The Morgan fingerprint density at radius 2 is 1.94 bits per heavy atom. The largest absolute Gasteiger partial charge is 0.370 e. The van der Waals surface area contributed by atoms with Gasteiger partial charge in [0.25, 0.3) is 0 Å². The topological polar surface area (TPSA) is 67.8 Å². The number of nitrogens with zero attached hydrogens (tertiary/aromatic N) is 3. The predicted octanol–water partition coefficient (Wildman–Crippen LogP) is 5.20. The van der Waals surface area contributed by atoms with Crippen molar-refractivity contribution in [3.05, 3.63) is 82.8 Å². The van der Waals surface area contributed by atoms with Crippen molar-refractivity contribution in [1.29, 1.82) is 0 Å². The summed E-state index contributed by atoms with van der Waals surface area (Å²) < 4.78 is 1.27. The number of benzene rings is 2. The third-order valence-corrected chi connectivity index (χ3v) is 7.78. The lowest BCUT2D eigenvalue weighted by Crippen LogP contribution is -2.45. The van der Waals surface area contributed by atoms with Crippen LogP contribution in [0.5, 0.6) is 0 Å². The van der Waals surface area contributed by atoms with Crippen LogP contribution in [0.25, 0.3) is 21.0 Å². The average molecular weight is 469 g/mol. The number of aromatic amines is 1. The summed E-state index contributed by atoms with van der Waals surface area (Å²) in [5.74, 6) is 1.85. The summed E-state index contributed by atoms with van der Waals surface area (Å²) in [4.78, 5) is 15.6. The van der Waals surface area contributed by atoms with Gasteiger partial charge in [0, 0.05) is 50.7 Å². The van der Waals surface area contributed by atoms with Crippen LogP contribution in [0.4, 0.5) is 0 Å². The van der Waals surface area contributed by atoms with Crippen LogP contribution in [0.1, 0.15) is 31.4 Å². The zero-order valence-electron chi connectivity index (χ0n) is 19.4. The lowest BCUT2D eigenvalue weighted by molar-refractivity contribution is 0.292. The molecule has 0 spiro atoms. The Labute approximate surface area is 203 Å². The minimum atomic E-state index is -0.111. The Kier molecular flexibility index (Phi) is 5.34. The van der Waals surface area contributed by atoms with E-state index in [1.54, 1.807) is 11.3 Å². The monoisotopic (exact) mass is 468 g/mol. The van der Waals surface area contributed by atoms with E-state index in [-0.39, 0.29) is 6.17 Å². The normalized spacial score (nSPS) is 18.4. The van der Waals surface area contributed by atoms with Crippen LogP contribution in [0.2, 0.25) is 0 Å². The van der Waals surface area contributed by atoms with E-state index in [2.05, 4.69) is 94.5 Å². The number of nitrogens with one attached hydrogen (secondary N) is 3. The molecule has 0 saturated heterocycles. The first-order valence-electron chi connectivity index (χ1n) is 11.9. The van der Waals surface area contributed by atoms with Gasteiger partial charge in [-0.2, -0.15) is 0 Å². The first-order valence-corrected chi connectivity index (χ1v) is 12.8. The van der Waals surface area contributed by atoms with E-state index in [9.17, 15) is 0 Å². The highest BCUT2D eigenvalue weighted by Crippen LogP contribution is 2.31. The predicted molar refractivity (Wildman–Crippen MR) is 142 cm³/mol. The molecule has 0 radical (unpaired) electrons. The highest BCUT2D eigenvalue weighted by Gasteiger charge is 2.35. The van der Waals surface area contributed by atoms with Gasteiger partial charge >= 0.3 is 0 Å². The summed E-state index contributed by atoms with van der Waals surface area (Å²) >= 11 is 1.76. The van der Waals surface area contributed by atoms with E-state index in [1.807, 2.05) is 6.34 Å². The number of H-pyrrole nitrogens is 1. The lowest BCUT2D eigenvalue weighted by atomic mass is 10.1. The molecule has 6 rings (SSSR count).